The molecule has 2 heteroatoms. The molecule has 0 unspecified atom stereocenters. The number of hydrogen-bond acceptors (Lipinski definition) is 1. The van der Waals surface area contributed by atoms with E-state index in [-0.39, 0.29) is 5.82 Å². The van der Waals surface area contributed by atoms with E-state index in [1.54, 1.807) is 12.1 Å². The Bertz CT molecular complexity index is 550. The molecule has 19 heavy (non-hydrogen) atoms. The highest BCUT2D eigenvalue weighted by molar-refractivity contribution is 5.64. The molecule has 0 atom stereocenters. The molecule has 0 bridgehead atoms. The van der Waals surface area contributed by atoms with Crippen LogP contribution in [0.4, 0.5) is 4.39 Å². The molecule has 1 aliphatic carbocycles. The average Bonchev–Trinajstić information content (AvgIpc) is 3.20. The van der Waals surface area contributed by atoms with Crippen LogP contribution in [0, 0.1) is 12.7 Å². The number of hydrogen-bond donors (Lipinski definition) is 1. The topological polar surface area (TPSA) is 12.0 Å². The molecule has 0 aromatic heterocycles. The van der Waals surface area contributed by atoms with Crippen molar-refractivity contribution in [2.75, 3.05) is 0 Å². The maximum Gasteiger partial charge on any atom is 0.124 e. The Morgan fingerprint density at radius 2 is 1.79 bits per heavy atom. The van der Waals surface area contributed by atoms with Crippen molar-refractivity contribution >= 4 is 0 Å². The van der Waals surface area contributed by atoms with Crippen molar-refractivity contribution in [3.05, 3.63) is 59.4 Å². The second-order valence-corrected chi connectivity index (χ2v) is 5.37. The molecule has 0 radical (unpaired) electrons. The highest BCUT2D eigenvalue weighted by Crippen LogP contribution is 2.23. The van der Waals surface area contributed by atoms with E-state index in [2.05, 4.69) is 29.6 Å². The van der Waals surface area contributed by atoms with Gasteiger partial charge in [-0.25, -0.2) is 4.39 Å². The van der Waals surface area contributed by atoms with Crippen LogP contribution < -0.4 is 5.32 Å². The largest absolute Gasteiger partial charge is 0.310 e. The van der Waals surface area contributed by atoms with Crippen molar-refractivity contribution in [2.24, 2.45) is 0 Å². The second-order valence-electron chi connectivity index (χ2n) is 5.37. The number of benzene rings is 2. The summed E-state index contributed by atoms with van der Waals surface area (Å²) in [5, 5.41) is 3.49. The second kappa shape index (κ2) is 5.14. The lowest BCUT2D eigenvalue weighted by atomic mass is 10.0. The molecule has 1 saturated carbocycles. The Morgan fingerprint density at radius 3 is 2.42 bits per heavy atom. The first-order valence-corrected chi connectivity index (χ1v) is 6.80. The summed E-state index contributed by atoms with van der Waals surface area (Å²) >= 11 is 0. The van der Waals surface area contributed by atoms with Crippen molar-refractivity contribution in [3.63, 3.8) is 0 Å². The molecule has 0 spiro atoms. The summed E-state index contributed by atoms with van der Waals surface area (Å²) in [5.41, 5.74) is 4.25. The third-order valence-corrected chi connectivity index (χ3v) is 3.50. The van der Waals surface area contributed by atoms with E-state index in [1.165, 1.54) is 18.4 Å². The Balaban J connectivity index is 1.76. The number of rotatable bonds is 4. The van der Waals surface area contributed by atoms with E-state index in [0.29, 0.717) is 0 Å². The molecule has 1 N–H and O–H groups in total. The molecular formula is C17H18FN. The summed E-state index contributed by atoms with van der Waals surface area (Å²) in [6.45, 7) is 2.84. The minimum atomic E-state index is -0.172. The van der Waals surface area contributed by atoms with Gasteiger partial charge in [-0.05, 0) is 54.2 Å². The van der Waals surface area contributed by atoms with Crippen LogP contribution in [-0.2, 0) is 6.54 Å². The fourth-order valence-corrected chi connectivity index (χ4v) is 2.27. The monoisotopic (exact) mass is 255 g/mol. The zero-order valence-corrected chi connectivity index (χ0v) is 11.1. The number of halogens is 1. The van der Waals surface area contributed by atoms with Gasteiger partial charge in [0.05, 0.1) is 0 Å². The van der Waals surface area contributed by atoms with Gasteiger partial charge in [-0.2, -0.15) is 0 Å². The predicted octanol–water partition coefficient (Wildman–Crippen LogP) is 4.05. The van der Waals surface area contributed by atoms with Gasteiger partial charge < -0.3 is 5.32 Å². The Kier molecular flexibility index (Phi) is 3.34. The maximum absolute atomic E-state index is 13.4. The smallest absolute Gasteiger partial charge is 0.124 e. The van der Waals surface area contributed by atoms with Gasteiger partial charge in [0.1, 0.15) is 5.82 Å². The standard InChI is InChI=1S/C17H18FN/c1-12-8-15(10-16(18)9-12)14-4-2-13(3-5-14)11-19-17-6-7-17/h2-5,8-10,17,19H,6-7,11H2,1H3. The number of nitrogens with one attached hydrogen (secondary N) is 1. The summed E-state index contributed by atoms with van der Waals surface area (Å²) in [6.07, 6.45) is 2.61. The van der Waals surface area contributed by atoms with Crippen LogP contribution >= 0.6 is 0 Å². The SMILES string of the molecule is Cc1cc(F)cc(-c2ccc(CNC3CC3)cc2)c1. The summed E-state index contributed by atoms with van der Waals surface area (Å²) in [6, 6.07) is 14.2. The molecule has 0 amide bonds. The molecule has 3 rings (SSSR count). The zero-order valence-electron chi connectivity index (χ0n) is 11.1. The molecule has 1 nitrogen and oxygen atoms in total. The van der Waals surface area contributed by atoms with Gasteiger partial charge in [-0.15, -0.1) is 0 Å². The van der Waals surface area contributed by atoms with Gasteiger partial charge in [0.2, 0.25) is 0 Å². The van der Waals surface area contributed by atoms with Crippen molar-refractivity contribution in [3.8, 4) is 11.1 Å². The van der Waals surface area contributed by atoms with Crippen molar-refractivity contribution < 1.29 is 4.39 Å². The van der Waals surface area contributed by atoms with E-state index in [0.717, 1.165) is 29.3 Å². The van der Waals surface area contributed by atoms with E-state index >= 15 is 0 Å². The summed E-state index contributed by atoms with van der Waals surface area (Å²) in [7, 11) is 0. The van der Waals surface area contributed by atoms with Crippen molar-refractivity contribution in [2.45, 2.75) is 32.4 Å². The normalized spacial score (nSPS) is 14.6. The van der Waals surface area contributed by atoms with Crippen molar-refractivity contribution in [1.82, 2.24) is 5.32 Å². The van der Waals surface area contributed by atoms with Crippen LogP contribution in [0.3, 0.4) is 0 Å². The Morgan fingerprint density at radius 1 is 1.05 bits per heavy atom. The van der Waals surface area contributed by atoms with Gasteiger partial charge in [0.25, 0.3) is 0 Å². The molecule has 0 heterocycles. The molecular weight excluding hydrogens is 237 g/mol. The zero-order chi connectivity index (χ0) is 13.2. The van der Waals surface area contributed by atoms with E-state index in [4.69, 9.17) is 0 Å². The van der Waals surface area contributed by atoms with E-state index in [1.807, 2.05) is 13.0 Å². The maximum atomic E-state index is 13.4. The first-order valence-electron chi connectivity index (χ1n) is 6.80. The van der Waals surface area contributed by atoms with E-state index < -0.39 is 0 Å². The highest BCUT2D eigenvalue weighted by atomic mass is 19.1. The highest BCUT2D eigenvalue weighted by Gasteiger charge is 2.19. The predicted molar refractivity (Wildman–Crippen MR) is 76.4 cm³/mol. The third-order valence-electron chi connectivity index (χ3n) is 3.50. The van der Waals surface area contributed by atoms with Crippen LogP contribution in [0.2, 0.25) is 0 Å². The minimum Gasteiger partial charge on any atom is -0.310 e. The van der Waals surface area contributed by atoms with Crippen LogP contribution in [0.25, 0.3) is 11.1 Å². The summed E-state index contributed by atoms with van der Waals surface area (Å²) in [5.74, 6) is -0.172. The van der Waals surface area contributed by atoms with Gasteiger partial charge in [0.15, 0.2) is 0 Å². The van der Waals surface area contributed by atoms with Crippen LogP contribution in [-0.4, -0.2) is 6.04 Å². The quantitative estimate of drug-likeness (QED) is 0.869. The van der Waals surface area contributed by atoms with E-state index in [9.17, 15) is 4.39 Å². The fourth-order valence-electron chi connectivity index (χ4n) is 2.27. The van der Waals surface area contributed by atoms with Crippen LogP contribution in [0.5, 0.6) is 0 Å². The molecule has 2 aromatic carbocycles. The molecule has 1 aliphatic rings. The van der Waals surface area contributed by atoms with Crippen LogP contribution in [0.1, 0.15) is 24.0 Å². The molecule has 0 aliphatic heterocycles. The Labute approximate surface area is 113 Å². The third kappa shape index (κ3) is 3.21. The lowest BCUT2D eigenvalue weighted by Crippen LogP contribution is -2.14. The first-order chi connectivity index (χ1) is 9.20. The van der Waals surface area contributed by atoms with Crippen molar-refractivity contribution in [1.29, 1.82) is 0 Å². The van der Waals surface area contributed by atoms with Gasteiger partial charge >= 0.3 is 0 Å². The van der Waals surface area contributed by atoms with Crippen LogP contribution in [0.15, 0.2) is 42.5 Å². The van der Waals surface area contributed by atoms with Gasteiger partial charge in [-0.1, -0.05) is 30.3 Å². The molecule has 2 aromatic rings. The molecule has 1 fully saturated rings. The summed E-state index contributed by atoms with van der Waals surface area (Å²) in [4.78, 5) is 0. The molecule has 98 valence electrons. The molecule has 0 saturated heterocycles. The average molecular weight is 255 g/mol. The van der Waals surface area contributed by atoms with Gasteiger partial charge in [-0.3, -0.25) is 0 Å². The summed E-state index contributed by atoms with van der Waals surface area (Å²) < 4.78 is 13.4. The minimum absolute atomic E-state index is 0.172. The lowest BCUT2D eigenvalue weighted by Gasteiger charge is -2.07. The number of aryl methyl sites for hydroxylation is 1. The fraction of sp³-hybridized carbons (Fsp3) is 0.294. The Hall–Kier alpha value is -1.67. The lowest BCUT2D eigenvalue weighted by molar-refractivity contribution is 0.627. The van der Waals surface area contributed by atoms with Gasteiger partial charge in [0, 0.05) is 12.6 Å². The first kappa shape index (κ1) is 12.4.